The highest BCUT2D eigenvalue weighted by molar-refractivity contribution is 8.00. The molecule has 0 aliphatic rings. The average Bonchev–Trinajstić information content (AvgIpc) is 2.27. The Morgan fingerprint density at radius 2 is 2.00 bits per heavy atom. The van der Waals surface area contributed by atoms with Gasteiger partial charge in [0.1, 0.15) is 5.75 Å². The van der Waals surface area contributed by atoms with Gasteiger partial charge in [-0.25, -0.2) is 0 Å². The maximum Gasteiger partial charge on any atom is 0.446 e. The first-order chi connectivity index (χ1) is 8.40. The number of hydrogen-bond acceptors (Lipinski definition) is 4. The van der Waals surface area contributed by atoms with Crippen LogP contribution in [0, 0.1) is 0 Å². The summed E-state index contributed by atoms with van der Waals surface area (Å²) in [4.78, 5) is 4.69. The largest absolute Gasteiger partial charge is 0.506 e. The highest BCUT2D eigenvalue weighted by Gasteiger charge is 2.29. The van der Waals surface area contributed by atoms with E-state index in [2.05, 4.69) is 4.98 Å². The highest BCUT2D eigenvalue weighted by Crippen LogP contribution is 2.39. The summed E-state index contributed by atoms with van der Waals surface area (Å²) in [6.07, 6.45) is 3.24. The summed E-state index contributed by atoms with van der Waals surface area (Å²) in [5, 5.41) is 10.3. The molecule has 1 N–H and O–H groups in total. The van der Waals surface area contributed by atoms with E-state index in [1.807, 2.05) is 0 Å². The van der Waals surface area contributed by atoms with Crippen molar-refractivity contribution in [1.82, 2.24) is 4.98 Å². The molecule has 0 aliphatic carbocycles. The van der Waals surface area contributed by atoms with Crippen molar-refractivity contribution in [3.8, 4) is 5.75 Å². The number of aromatic hydroxyl groups is 1. The fourth-order valence-electron chi connectivity index (χ4n) is 1.49. The second-order valence-corrected chi connectivity index (χ2v) is 5.39. The van der Waals surface area contributed by atoms with Crippen LogP contribution in [0.5, 0.6) is 5.75 Å². The number of benzene rings is 1. The second kappa shape index (κ2) is 4.89. The Bertz CT molecular complexity index is 586. The van der Waals surface area contributed by atoms with Crippen LogP contribution < -0.4 is 0 Å². The van der Waals surface area contributed by atoms with E-state index in [9.17, 15) is 18.3 Å². The van der Waals surface area contributed by atoms with Crippen molar-refractivity contribution in [1.29, 1.82) is 0 Å². The van der Waals surface area contributed by atoms with Crippen LogP contribution in [0.1, 0.15) is 0 Å². The average molecular weight is 291 g/mol. The zero-order chi connectivity index (χ0) is 13.3. The number of alkyl halides is 3. The molecule has 1 aromatic carbocycles. The van der Waals surface area contributed by atoms with E-state index >= 15 is 0 Å². The van der Waals surface area contributed by atoms with Crippen LogP contribution in [-0.2, 0) is 0 Å². The van der Waals surface area contributed by atoms with Crippen molar-refractivity contribution in [2.45, 2.75) is 15.3 Å². The molecule has 0 fully saturated rings. The van der Waals surface area contributed by atoms with Gasteiger partial charge in [0.25, 0.3) is 0 Å². The molecule has 0 bridgehead atoms. The van der Waals surface area contributed by atoms with Crippen LogP contribution in [-0.4, -0.2) is 21.9 Å². The van der Waals surface area contributed by atoms with Crippen molar-refractivity contribution in [3.63, 3.8) is 0 Å². The summed E-state index contributed by atoms with van der Waals surface area (Å²) in [5.74, 6) is 0.0519. The Hall–Kier alpha value is -1.08. The molecular formula is C11H8F3NOS2. The van der Waals surface area contributed by atoms with Gasteiger partial charge in [-0.2, -0.15) is 13.2 Å². The first-order valence-corrected chi connectivity index (χ1v) is 6.86. The number of rotatable bonds is 2. The minimum absolute atomic E-state index is 0.0519. The third-order valence-corrected chi connectivity index (χ3v) is 3.69. The molecule has 2 rings (SSSR count). The number of hydrogen-bond donors (Lipinski definition) is 1. The fourth-order valence-corrected chi connectivity index (χ4v) is 2.52. The lowest BCUT2D eigenvalue weighted by atomic mass is 10.2. The summed E-state index contributed by atoms with van der Waals surface area (Å²) in [6.45, 7) is 0. The van der Waals surface area contributed by atoms with Crippen LogP contribution in [0.2, 0.25) is 0 Å². The minimum atomic E-state index is -4.32. The standard InChI is InChI=1S/C11H8F3NOS2/c1-17-9-5-15-8-4-6(18-11(12,13)14)2-3-7(8)10(9)16/h2-5H,1H3,(H,15,16). The lowest BCUT2D eigenvalue weighted by Crippen LogP contribution is -1.98. The van der Waals surface area contributed by atoms with E-state index in [0.717, 1.165) is 0 Å². The van der Waals surface area contributed by atoms with Crippen LogP contribution in [0.15, 0.2) is 34.2 Å². The Morgan fingerprint density at radius 1 is 1.28 bits per heavy atom. The molecular weight excluding hydrogens is 283 g/mol. The van der Waals surface area contributed by atoms with E-state index in [0.29, 0.717) is 15.8 Å². The number of pyridine rings is 1. The quantitative estimate of drug-likeness (QED) is 0.837. The lowest BCUT2D eigenvalue weighted by Gasteiger charge is -2.08. The molecule has 2 nitrogen and oxygen atoms in total. The first-order valence-electron chi connectivity index (χ1n) is 4.82. The summed E-state index contributed by atoms with van der Waals surface area (Å²) in [5.41, 5.74) is -3.98. The van der Waals surface area contributed by atoms with Gasteiger partial charge in [0.2, 0.25) is 0 Å². The lowest BCUT2D eigenvalue weighted by molar-refractivity contribution is -0.0328. The Morgan fingerprint density at radius 3 is 2.61 bits per heavy atom. The van der Waals surface area contributed by atoms with Gasteiger partial charge in [-0.05, 0) is 36.2 Å². The molecule has 0 unspecified atom stereocenters. The maximum absolute atomic E-state index is 12.2. The van der Waals surface area contributed by atoms with Gasteiger partial charge >= 0.3 is 5.51 Å². The van der Waals surface area contributed by atoms with Crippen molar-refractivity contribution in [3.05, 3.63) is 24.4 Å². The molecule has 0 radical (unpaired) electrons. The Kier molecular flexibility index (Phi) is 3.63. The van der Waals surface area contributed by atoms with Gasteiger partial charge in [-0.1, -0.05) is 0 Å². The van der Waals surface area contributed by atoms with Gasteiger partial charge < -0.3 is 5.11 Å². The monoisotopic (exact) mass is 291 g/mol. The molecule has 1 aromatic heterocycles. The number of aromatic nitrogens is 1. The normalized spacial score (nSPS) is 12.0. The van der Waals surface area contributed by atoms with E-state index in [4.69, 9.17) is 0 Å². The molecule has 0 spiro atoms. The molecule has 18 heavy (non-hydrogen) atoms. The molecule has 0 atom stereocenters. The number of nitrogens with zero attached hydrogens (tertiary/aromatic N) is 1. The predicted octanol–water partition coefficient (Wildman–Crippen LogP) is 4.27. The molecule has 0 saturated carbocycles. The van der Waals surface area contributed by atoms with Crippen LogP contribution >= 0.6 is 23.5 Å². The van der Waals surface area contributed by atoms with Gasteiger partial charge in [0.15, 0.2) is 0 Å². The Labute approximate surface area is 110 Å². The van der Waals surface area contributed by atoms with Crippen molar-refractivity contribution < 1.29 is 18.3 Å². The second-order valence-electron chi connectivity index (χ2n) is 3.40. The van der Waals surface area contributed by atoms with Gasteiger partial charge in [-0.15, -0.1) is 11.8 Å². The third kappa shape index (κ3) is 2.84. The number of fused-ring (bicyclic) bond motifs is 1. The van der Waals surface area contributed by atoms with Crippen LogP contribution in [0.3, 0.4) is 0 Å². The van der Waals surface area contributed by atoms with Gasteiger partial charge in [-0.3, -0.25) is 4.98 Å². The molecule has 7 heteroatoms. The van der Waals surface area contributed by atoms with E-state index in [1.165, 1.54) is 36.2 Å². The molecule has 0 aliphatic heterocycles. The highest BCUT2D eigenvalue weighted by atomic mass is 32.2. The molecule has 0 amide bonds. The van der Waals surface area contributed by atoms with Crippen LogP contribution in [0.4, 0.5) is 13.2 Å². The first kappa shape index (κ1) is 13.4. The SMILES string of the molecule is CSc1cnc2cc(SC(F)(F)F)ccc2c1O. The summed E-state index contributed by atoms with van der Waals surface area (Å²) >= 11 is 1.13. The smallest absolute Gasteiger partial charge is 0.446 e. The van der Waals surface area contributed by atoms with Crippen molar-refractivity contribution in [2.75, 3.05) is 6.26 Å². The molecule has 1 heterocycles. The number of thioether (sulfide) groups is 2. The van der Waals surface area contributed by atoms with Crippen molar-refractivity contribution >= 4 is 34.4 Å². The van der Waals surface area contributed by atoms with E-state index in [-0.39, 0.29) is 22.4 Å². The maximum atomic E-state index is 12.2. The van der Waals surface area contributed by atoms with E-state index in [1.54, 1.807) is 6.26 Å². The topological polar surface area (TPSA) is 33.1 Å². The van der Waals surface area contributed by atoms with E-state index < -0.39 is 5.51 Å². The molecule has 2 aromatic rings. The summed E-state index contributed by atoms with van der Waals surface area (Å²) in [6, 6.07) is 4.09. The zero-order valence-corrected chi connectivity index (χ0v) is 10.8. The minimum Gasteiger partial charge on any atom is -0.506 e. The summed E-state index contributed by atoms with van der Waals surface area (Å²) < 4.78 is 36.7. The summed E-state index contributed by atoms with van der Waals surface area (Å²) in [7, 11) is 0. The number of halogens is 3. The molecule has 96 valence electrons. The third-order valence-electron chi connectivity index (χ3n) is 2.23. The zero-order valence-electron chi connectivity index (χ0n) is 9.15. The van der Waals surface area contributed by atoms with Crippen LogP contribution in [0.25, 0.3) is 10.9 Å². The fraction of sp³-hybridized carbons (Fsp3) is 0.182. The van der Waals surface area contributed by atoms with Gasteiger partial charge in [0, 0.05) is 16.5 Å². The predicted molar refractivity (Wildman–Crippen MR) is 67.1 cm³/mol. The molecule has 0 saturated heterocycles. The van der Waals surface area contributed by atoms with Crippen molar-refractivity contribution in [2.24, 2.45) is 0 Å². The van der Waals surface area contributed by atoms with Gasteiger partial charge in [0.05, 0.1) is 10.4 Å². The Balaban J connectivity index is 2.48.